The number of hydrogen-bond acceptors (Lipinski definition) is 5. The summed E-state index contributed by atoms with van der Waals surface area (Å²) in [4.78, 5) is 19.7. The topological polar surface area (TPSA) is 127 Å². The summed E-state index contributed by atoms with van der Waals surface area (Å²) >= 11 is 1.28. The monoisotopic (exact) mass is 291 g/mol. The van der Waals surface area contributed by atoms with Crippen molar-refractivity contribution in [2.24, 2.45) is 16.5 Å². The fourth-order valence-electron chi connectivity index (χ4n) is 1.57. The molecule has 8 heteroatoms. The van der Waals surface area contributed by atoms with Crippen molar-refractivity contribution >= 4 is 28.3 Å². The van der Waals surface area contributed by atoms with E-state index in [1.165, 1.54) is 24.5 Å². The van der Waals surface area contributed by atoms with Gasteiger partial charge >= 0.3 is 0 Å². The van der Waals surface area contributed by atoms with E-state index < -0.39 is 0 Å². The number of carbonyl (C=O) groups is 1. The molecule has 0 aliphatic heterocycles. The minimum absolute atomic E-state index is 0.0670. The minimum Gasteiger partial charge on any atom is -0.507 e. The Balaban J connectivity index is 2.41. The SMILES string of the molecule is CNC(=O)c1cc(-c2csc(N=C(N)N)n2)ccc1O. The number of aliphatic imine (C=N–C) groups is 1. The highest BCUT2D eigenvalue weighted by molar-refractivity contribution is 7.13. The molecule has 20 heavy (non-hydrogen) atoms. The van der Waals surface area contributed by atoms with Crippen LogP contribution in [0.4, 0.5) is 5.13 Å². The van der Waals surface area contributed by atoms with Crippen LogP contribution in [0, 0.1) is 0 Å². The molecule has 0 bridgehead atoms. The summed E-state index contributed by atoms with van der Waals surface area (Å²) in [6.45, 7) is 0. The third-order valence-electron chi connectivity index (χ3n) is 2.48. The maximum atomic E-state index is 11.6. The Kier molecular flexibility index (Phi) is 3.85. The molecule has 0 saturated carbocycles. The number of benzene rings is 1. The zero-order valence-corrected chi connectivity index (χ0v) is 11.4. The van der Waals surface area contributed by atoms with Gasteiger partial charge in [-0.25, -0.2) is 4.98 Å². The first-order valence-electron chi connectivity index (χ1n) is 5.62. The van der Waals surface area contributed by atoms with Crippen LogP contribution >= 0.6 is 11.3 Å². The van der Waals surface area contributed by atoms with Crippen LogP contribution in [0.2, 0.25) is 0 Å². The normalized spacial score (nSPS) is 10.1. The van der Waals surface area contributed by atoms with Gasteiger partial charge in [0.1, 0.15) is 5.75 Å². The molecule has 0 spiro atoms. The lowest BCUT2D eigenvalue weighted by Crippen LogP contribution is -2.21. The maximum Gasteiger partial charge on any atom is 0.254 e. The van der Waals surface area contributed by atoms with Gasteiger partial charge in [0.2, 0.25) is 5.13 Å². The summed E-state index contributed by atoms with van der Waals surface area (Å²) in [6.07, 6.45) is 0. The van der Waals surface area contributed by atoms with E-state index in [1.807, 2.05) is 0 Å². The number of guanidine groups is 1. The molecule has 104 valence electrons. The summed E-state index contributed by atoms with van der Waals surface area (Å²) < 4.78 is 0. The first-order valence-corrected chi connectivity index (χ1v) is 6.50. The highest BCUT2D eigenvalue weighted by Gasteiger charge is 2.12. The van der Waals surface area contributed by atoms with Gasteiger partial charge < -0.3 is 21.9 Å². The van der Waals surface area contributed by atoms with Crippen molar-refractivity contribution in [3.8, 4) is 17.0 Å². The zero-order valence-electron chi connectivity index (χ0n) is 10.6. The number of nitrogens with two attached hydrogens (primary N) is 2. The first-order chi connectivity index (χ1) is 9.51. The van der Waals surface area contributed by atoms with Gasteiger partial charge in [-0.1, -0.05) is 0 Å². The van der Waals surface area contributed by atoms with Crippen LogP contribution in [0.25, 0.3) is 11.3 Å². The molecule has 0 aliphatic carbocycles. The Morgan fingerprint density at radius 1 is 1.45 bits per heavy atom. The van der Waals surface area contributed by atoms with Gasteiger partial charge in [0, 0.05) is 18.0 Å². The molecule has 7 nitrogen and oxygen atoms in total. The largest absolute Gasteiger partial charge is 0.507 e. The maximum absolute atomic E-state index is 11.6. The number of nitrogens with one attached hydrogen (secondary N) is 1. The van der Waals surface area contributed by atoms with Crippen molar-refractivity contribution in [2.45, 2.75) is 0 Å². The predicted molar refractivity (Wildman–Crippen MR) is 78.1 cm³/mol. The number of aromatic hydroxyl groups is 1. The molecular weight excluding hydrogens is 278 g/mol. The number of rotatable bonds is 3. The zero-order chi connectivity index (χ0) is 14.7. The molecule has 1 aromatic heterocycles. The Hall–Kier alpha value is -2.61. The number of nitrogens with zero attached hydrogens (tertiary/aromatic N) is 2. The molecule has 0 unspecified atom stereocenters. The van der Waals surface area contributed by atoms with E-state index in [9.17, 15) is 9.90 Å². The Bertz CT molecular complexity index is 676. The highest BCUT2D eigenvalue weighted by atomic mass is 32.1. The van der Waals surface area contributed by atoms with E-state index in [-0.39, 0.29) is 23.2 Å². The van der Waals surface area contributed by atoms with Crippen LogP contribution in [0.3, 0.4) is 0 Å². The van der Waals surface area contributed by atoms with Crippen molar-refractivity contribution < 1.29 is 9.90 Å². The van der Waals surface area contributed by atoms with E-state index in [0.717, 1.165) is 0 Å². The number of aromatic nitrogens is 1. The predicted octanol–water partition coefficient (Wildman–Crippen LogP) is 0.780. The van der Waals surface area contributed by atoms with E-state index >= 15 is 0 Å². The number of amides is 1. The number of hydrogen-bond donors (Lipinski definition) is 4. The van der Waals surface area contributed by atoms with E-state index in [2.05, 4.69) is 15.3 Å². The molecule has 0 saturated heterocycles. The molecule has 6 N–H and O–H groups in total. The fourth-order valence-corrected chi connectivity index (χ4v) is 2.29. The van der Waals surface area contributed by atoms with Crippen molar-refractivity contribution in [3.63, 3.8) is 0 Å². The standard InChI is InChI=1S/C12H13N5O2S/c1-15-10(19)7-4-6(2-3-9(7)18)8-5-20-12(16-8)17-11(13)14/h2-5,18H,1H3,(H,15,19)(H4,13,14,16,17). The van der Waals surface area contributed by atoms with Crippen molar-refractivity contribution in [2.75, 3.05) is 7.05 Å². The molecule has 0 atom stereocenters. The summed E-state index contributed by atoms with van der Waals surface area (Å²) in [5, 5.41) is 14.3. The van der Waals surface area contributed by atoms with Crippen molar-refractivity contribution in [1.29, 1.82) is 0 Å². The van der Waals surface area contributed by atoms with Crippen LogP contribution in [0.5, 0.6) is 5.75 Å². The average Bonchev–Trinajstić information content (AvgIpc) is 2.86. The second-order valence-corrected chi connectivity index (χ2v) is 4.70. The first kappa shape index (κ1) is 13.8. The van der Waals surface area contributed by atoms with Gasteiger partial charge in [-0.3, -0.25) is 4.79 Å². The summed E-state index contributed by atoms with van der Waals surface area (Å²) in [7, 11) is 1.49. The van der Waals surface area contributed by atoms with Crippen molar-refractivity contribution in [1.82, 2.24) is 10.3 Å². The second kappa shape index (κ2) is 5.57. The van der Waals surface area contributed by atoms with Crippen molar-refractivity contribution in [3.05, 3.63) is 29.1 Å². The van der Waals surface area contributed by atoms with Crippen LogP contribution in [0.15, 0.2) is 28.6 Å². The van der Waals surface area contributed by atoms with Gasteiger partial charge in [0.05, 0.1) is 11.3 Å². The molecule has 1 heterocycles. The second-order valence-electron chi connectivity index (χ2n) is 3.86. The van der Waals surface area contributed by atoms with E-state index in [4.69, 9.17) is 11.5 Å². The Morgan fingerprint density at radius 2 is 2.20 bits per heavy atom. The van der Waals surface area contributed by atoms with Gasteiger partial charge in [-0.15, -0.1) is 11.3 Å². The van der Waals surface area contributed by atoms with Crippen LogP contribution in [0.1, 0.15) is 10.4 Å². The quantitative estimate of drug-likeness (QED) is 0.491. The molecule has 0 radical (unpaired) electrons. The molecular formula is C12H13N5O2S. The molecule has 1 amide bonds. The summed E-state index contributed by atoms with van der Waals surface area (Å²) in [6, 6.07) is 4.66. The molecule has 1 aromatic carbocycles. The van der Waals surface area contributed by atoms with Gasteiger partial charge in [0.15, 0.2) is 5.96 Å². The van der Waals surface area contributed by atoms with E-state index in [1.54, 1.807) is 17.5 Å². The number of carbonyl (C=O) groups excluding carboxylic acids is 1. The number of phenolic OH excluding ortho intramolecular Hbond substituents is 1. The lowest BCUT2D eigenvalue weighted by molar-refractivity contribution is 0.0960. The lowest BCUT2D eigenvalue weighted by atomic mass is 10.1. The average molecular weight is 291 g/mol. The van der Waals surface area contributed by atoms with Gasteiger partial charge in [-0.2, -0.15) is 4.99 Å². The third kappa shape index (κ3) is 2.86. The third-order valence-corrected chi connectivity index (χ3v) is 3.22. The molecule has 0 aliphatic rings. The summed E-state index contributed by atoms with van der Waals surface area (Å²) in [5.41, 5.74) is 12.1. The number of thiazole rings is 1. The lowest BCUT2D eigenvalue weighted by Gasteiger charge is -2.05. The smallest absolute Gasteiger partial charge is 0.254 e. The minimum atomic E-state index is -0.371. The summed E-state index contributed by atoms with van der Waals surface area (Å²) in [5.74, 6) is -0.528. The van der Waals surface area contributed by atoms with E-state index in [0.29, 0.717) is 16.4 Å². The molecule has 2 aromatic rings. The molecule has 0 fully saturated rings. The van der Waals surface area contributed by atoms with Gasteiger partial charge in [-0.05, 0) is 18.2 Å². The van der Waals surface area contributed by atoms with Crippen LogP contribution < -0.4 is 16.8 Å². The van der Waals surface area contributed by atoms with Gasteiger partial charge in [0.25, 0.3) is 5.91 Å². The Labute approximate surface area is 119 Å². The Morgan fingerprint density at radius 3 is 2.85 bits per heavy atom. The number of phenols is 1. The highest BCUT2D eigenvalue weighted by Crippen LogP contribution is 2.29. The van der Waals surface area contributed by atoms with Crippen LogP contribution in [-0.4, -0.2) is 29.0 Å². The molecule has 2 rings (SSSR count). The fraction of sp³-hybridized carbons (Fsp3) is 0.0833. The van der Waals surface area contributed by atoms with Crippen LogP contribution in [-0.2, 0) is 0 Å².